The van der Waals surface area contributed by atoms with Crippen molar-refractivity contribution in [1.29, 1.82) is 0 Å². The first-order chi connectivity index (χ1) is 15.9. The molecular weight excluding hydrogens is 467 g/mol. The van der Waals surface area contributed by atoms with Crippen LogP contribution in [0.4, 0.5) is 0 Å². The summed E-state index contributed by atoms with van der Waals surface area (Å²) < 4.78 is 18.2. The Bertz CT molecular complexity index is 1080. The summed E-state index contributed by atoms with van der Waals surface area (Å²) in [5.41, 5.74) is 1.99. The molecule has 0 radical (unpaired) electrons. The molecule has 3 atom stereocenters. The molecule has 0 bridgehead atoms. The summed E-state index contributed by atoms with van der Waals surface area (Å²) in [6, 6.07) is 12.3. The third-order valence-electron chi connectivity index (χ3n) is 5.66. The molecule has 4 rings (SSSR count). The average Bonchev–Trinajstić information content (AvgIpc) is 2.80. The monoisotopic (exact) mass is 490 g/mol. The maximum Gasteiger partial charge on any atom is 0.303 e. The zero-order chi connectivity index (χ0) is 23.4. The van der Waals surface area contributed by atoms with Gasteiger partial charge in [0.2, 0.25) is 0 Å². The molecule has 2 aliphatic heterocycles. The number of aliphatic carboxylic acids is 1. The molecule has 1 saturated heterocycles. The van der Waals surface area contributed by atoms with Crippen LogP contribution in [0.1, 0.15) is 36.5 Å². The second-order valence-electron chi connectivity index (χ2n) is 7.95. The first-order valence-electron chi connectivity index (χ1n) is 10.7. The lowest BCUT2D eigenvalue weighted by Gasteiger charge is -2.38. The number of fused-ring (bicyclic) bond motifs is 1. The first-order valence-corrected chi connectivity index (χ1v) is 11.4. The lowest BCUT2D eigenvalue weighted by molar-refractivity contribution is -0.222. The molecule has 2 aromatic carbocycles. The predicted molar refractivity (Wildman–Crippen MR) is 126 cm³/mol. The van der Waals surface area contributed by atoms with E-state index in [4.69, 9.17) is 42.5 Å². The first kappa shape index (κ1) is 23.6. The Morgan fingerprint density at radius 1 is 1.15 bits per heavy atom. The average molecular weight is 491 g/mol. The number of halogens is 2. The van der Waals surface area contributed by atoms with Crippen LogP contribution in [0.15, 0.2) is 60.2 Å². The van der Waals surface area contributed by atoms with Crippen molar-refractivity contribution < 1.29 is 29.2 Å². The zero-order valence-electron chi connectivity index (χ0n) is 17.7. The van der Waals surface area contributed by atoms with Gasteiger partial charge in [0.15, 0.2) is 6.29 Å². The number of carbonyl (C=O) groups is 1. The van der Waals surface area contributed by atoms with Crippen molar-refractivity contribution in [1.82, 2.24) is 0 Å². The van der Waals surface area contributed by atoms with E-state index in [9.17, 15) is 9.90 Å². The van der Waals surface area contributed by atoms with Gasteiger partial charge in [-0.25, -0.2) is 0 Å². The number of para-hydroxylation sites is 1. The number of carboxylic acid groups (broad SMARTS) is 1. The Balaban J connectivity index is 1.57. The number of hydrogen-bond acceptors (Lipinski definition) is 5. The summed E-state index contributed by atoms with van der Waals surface area (Å²) in [7, 11) is 0. The van der Waals surface area contributed by atoms with Crippen LogP contribution in [0.5, 0.6) is 11.5 Å². The van der Waals surface area contributed by atoms with E-state index in [1.54, 1.807) is 30.3 Å². The van der Waals surface area contributed by atoms with Crippen molar-refractivity contribution in [2.45, 2.75) is 31.7 Å². The van der Waals surface area contributed by atoms with Crippen LogP contribution >= 0.6 is 23.2 Å². The zero-order valence-corrected chi connectivity index (χ0v) is 19.3. The molecule has 8 heteroatoms. The van der Waals surface area contributed by atoms with Gasteiger partial charge in [0.25, 0.3) is 0 Å². The number of aromatic hydroxyl groups is 1. The predicted octanol–water partition coefficient (Wildman–Crippen LogP) is 5.93. The normalized spacial score (nSPS) is 22.8. The Labute approximate surface area is 202 Å². The molecular formula is C25H24Cl2O6. The lowest BCUT2D eigenvalue weighted by Crippen LogP contribution is -2.38. The minimum atomic E-state index is -0.832. The van der Waals surface area contributed by atoms with Crippen molar-refractivity contribution in [3.63, 3.8) is 0 Å². The Morgan fingerprint density at radius 2 is 1.97 bits per heavy atom. The molecule has 2 N–H and O–H groups in total. The van der Waals surface area contributed by atoms with Crippen molar-refractivity contribution in [3.8, 4) is 11.5 Å². The standard InChI is InChI=1S/C25H24Cl2O6/c26-16-10-11-21-18(12-16)23(27)19(14-31-21)25-32-13-15(6-2-1-3-9-22(29)30)24(33-25)17-7-4-5-8-20(17)28/h1-2,4-5,7-8,10-12,15,24-25,28H,3,6,9,13-14H2,(H,29,30)/b2-1-. The smallest absolute Gasteiger partial charge is 0.303 e. The molecule has 0 aromatic heterocycles. The number of phenols is 1. The Kier molecular flexibility index (Phi) is 7.60. The summed E-state index contributed by atoms with van der Waals surface area (Å²) in [5, 5.41) is 20.3. The van der Waals surface area contributed by atoms with Crippen LogP contribution in [-0.2, 0) is 14.3 Å². The number of allylic oxidation sites excluding steroid dienone is 2. The molecule has 0 aliphatic carbocycles. The number of benzene rings is 2. The third-order valence-corrected chi connectivity index (χ3v) is 6.34. The van der Waals surface area contributed by atoms with Gasteiger partial charge in [0.05, 0.1) is 17.7 Å². The largest absolute Gasteiger partial charge is 0.508 e. The highest BCUT2D eigenvalue weighted by Gasteiger charge is 2.37. The molecule has 1 fully saturated rings. The van der Waals surface area contributed by atoms with Gasteiger partial charge in [0.1, 0.15) is 18.1 Å². The molecule has 2 aromatic rings. The summed E-state index contributed by atoms with van der Waals surface area (Å²) >= 11 is 12.8. The van der Waals surface area contributed by atoms with E-state index in [0.29, 0.717) is 52.0 Å². The number of rotatable bonds is 7. The maximum atomic E-state index is 10.7. The molecule has 2 aliphatic rings. The highest BCUT2D eigenvalue weighted by atomic mass is 35.5. The number of carboxylic acids is 1. The van der Waals surface area contributed by atoms with Crippen LogP contribution in [0, 0.1) is 5.92 Å². The molecule has 3 unspecified atom stereocenters. The number of phenolic OH excluding ortho intramolecular Hbond substituents is 1. The lowest BCUT2D eigenvalue weighted by atomic mass is 9.91. The number of hydrogen-bond donors (Lipinski definition) is 2. The quantitative estimate of drug-likeness (QED) is 0.467. The van der Waals surface area contributed by atoms with Crippen LogP contribution in [-0.4, -0.2) is 35.7 Å². The topological polar surface area (TPSA) is 85.2 Å². The molecule has 0 spiro atoms. The molecule has 0 amide bonds. The van der Waals surface area contributed by atoms with E-state index >= 15 is 0 Å². The summed E-state index contributed by atoms with van der Waals surface area (Å²) in [5.74, 6) is -0.131. The van der Waals surface area contributed by atoms with Gasteiger partial charge in [-0.05, 0) is 37.1 Å². The van der Waals surface area contributed by atoms with E-state index in [0.717, 1.165) is 0 Å². The van der Waals surface area contributed by atoms with Gasteiger partial charge in [-0.1, -0.05) is 53.6 Å². The van der Waals surface area contributed by atoms with Gasteiger partial charge in [0, 0.05) is 34.1 Å². The van der Waals surface area contributed by atoms with Gasteiger partial charge in [-0.15, -0.1) is 0 Å². The molecule has 33 heavy (non-hydrogen) atoms. The van der Waals surface area contributed by atoms with Gasteiger partial charge < -0.3 is 24.4 Å². The summed E-state index contributed by atoms with van der Waals surface area (Å²) in [6.45, 7) is 0.578. The van der Waals surface area contributed by atoms with Crippen molar-refractivity contribution in [2.75, 3.05) is 13.2 Å². The van der Waals surface area contributed by atoms with E-state index in [-0.39, 0.29) is 24.7 Å². The fraction of sp³-hybridized carbons (Fsp3) is 0.320. The molecule has 0 saturated carbocycles. The van der Waals surface area contributed by atoms with Crippen molar-refractivity contribution in [2.24, 2.45) is 5.92 Å². The van der Waals surface area contributed by atoms with Crippen molar-refractivity contribution >= 4 is 34.2 Å². The molecule has 174 valence electrons. The SMILES string of the molecule is O=C(O)CC/C=C\CC1COC(C2=C(Cl)c3cc(Cl)ccc3OC2)OC1c1ccccc1O. The number of ether oxygens (including phenoxy) is 3. The van der Waals surface area contributed by atoms with Crippen LogP contribution < -0.4 is 4.74 Å². The Morgan fingerprint density at radius 3 is 2.76 bits per heavy atom. The van der Waals surface area contributed by atoms with Crippen LogP contribution in [0.2, 0.25) is 5.02 Å². The molecule has 6 nitrogen and oxygen atoms in total. The fourth-order valence-electron chi connectivity index (χ4n) is 3.97. The highest BCUT2D eigenvalue weighted by molar-refractivity contribution is 6.50. The fourth-order valence-corrected chi connectivity index (χ4v) is 4.43. The Hall–Kier alpha value is -2.51. The minimum Gasteiger partial charge on any atom is -0.508 e. The van der Waals surface area contributed by atoms with E-state index < -0.39 is 18.4 Å². The summed E-state index contributed by atoms with van der Waals surface area (Å²) in [4.78, 5) is 10.7. The van der Waals surface area contributed by atoms with E-state index in [2.05, 4.69) is 0 Å². The second kappa shape index (κ2) is 10.6. The van der Waals surface area contributed by atoms with Gasteiger partial charge >= 0.3 is 5.97 Å². The van der Waals surface area contributed by atoms with Crippen LogP contribution in [0.25, 0.3) is 5.03 Å². The maximum absolute atomic E-state index is 10.7. The van der Waals surface area contributed by atoms with Crippen molar-refractivity contribution in [3.05, 3.63) is 76.3 Å². The minimum absolute atomic E-state index is 0.0806. The highest BCUT2D eigenvalue weighted by Crippen LogP contribution is 2.44. The van der Waals surface area contributed by atoms with Gasteiger partial charge in [-0.2, -0.15) is 0 Å². The van der Waals surface area contributed by atoms with Crippen LogP contribution in [0.3, 0.4) is 0 Å². The van der Waals surface area contributed by atoms with Gasteiger partial charge in [-0.3, -0.25) is 4.79 Å². The van der Waals surface area contributed by atoms with E-state index in [1.807, 2.05) is 24.3 Å². The summed E-state index contributed by atoms with van der Waals surface area (Å²) in [6.07, 6.45) is 3.71. The van der Waals surface area contributed by atoms with E-state index in [1.165, 1.54) is 0 Å². The molecule has 2 heterocycles. The third kappa shape index (κ3) is 5.53. The second-order valence-corrected chi connectivity index (χ2v) is 8.76.